The van der Waals surface area contributed by atoms with E-state index < -0.39 is 0 Å². The van der Waals surface area contributed by atoms with Gasteiger partial charge in [0.05, 0.1) is 15.9 Å². The molecule has 2 aromatic carbocycles. The van der Waals surface area contributed by atoms with Crippen LogP contribution in [0.3, 0.4) is 0 Å². The molecule has 0 spiro atoms. The molecule has 1 saturated heterocycles. The van der Waals surface area contributed by atoms with Gasteiger partial charge in [0.15, 0.2) is 5.13 Å². The van der Waals surface area contributed by atoms with Crippen molar-refractivity contribution in [2.75, 3.05) is 23.3 Å². The van der Waals surface area contributed by atoms with Crippen LogP contribution in [0.2, 0.25) is 0 Å². The number of carbonyl (C=O) groups is 1. The Balaban J connectivity index is 1.19. The molecule has 5 rings (SSSR count). The quantitative estimate of drug-likeness (QED) is 0.542. The summed E-state index contributed by atoms with van der Waals surface area (Å²) in [5, 5.41) is 14.9. The summed E-state index contributed by atoms with van der Waals surface area (Å²) >= 11 is 1.49. The van der Waals surface area contributed by atoms with E-state index in [2.05, 4.69) is 30.7 Å². The molecule has 10 heteroatoms. The standard InChI is InChI=1S/C20H18FN7OS/c21-14-1-6-17-18(11-14)30-20(24-17)27-9-7-13(8-10-27)19(29)23-15-2-4-16(5-3-15)28-12-22-25-26-28/h1-6,11-13H,7-10H2,(H,23,29). The molecule has 0 radical (unpaired) electrons. The van der Waals surface area contributed by atoms with Crippen LogP contribution in [0.25, 0.3) is 15.9 Å². The van der Waals surface area contributed by atoms with E-state index in [1.807, 2.05) is 24.3 Å². The summed E-state index contributed by atoms with van der Waals surface area (Å²) in [5.41, 5.74) is 2.37. The van der Waals surface area contributed by atoms with Crippen molar-refractivity contribution in [3.05, 3.63) is 54.6 Å². The first kappa shape index (κ1) is 18.6. The molecular weight excluding hydrogens is 405 g/mol. The molecule has 8 nitrogen and oxygen atoms in total. The van der Waals surface area contributed by atoms with E-state index in [1.54, 1.807) is 10.7 Å². The Hall–Kier alpha value is -3.40. The Morgan fingerprint density at radius 3 is 2.67 bits per heavy atom. The molecule has 1 N–H and O–H groups in total. The zero-order valence-corrected chi connectivity index (χ0v) is 16.7. The number of thiazole rings is 1. The van der Waals surface area contributed by atoms with Crippen molar-refractivity contribution < 1.29 is 9.18 Å². The van der Waals surface area contributed by atoms with E-state index in [1.165, 1.54) is 29.8 Å². The van der Waals surface area contributed by atoms with Gasteiger partial charge in [-0.25, -0.2) is 14.1 Å². The number of nitrogens with one attached hydrogen (secondary N) is 1. The molecule has 3 heterocycles. The number of anilines is 2. The first-order valence-electron chi connectivity index (χ1n) is 9.61. The lowest BCUT2D eigenvalue weighted by Crippen LogP contribution is -2.38. The molecule has 152 valence electrons. The fourth-order valence-electron chi connectivity index (χ4n) is 3.58. The molecule has 0 aliphatic carbocycles. The minimum absolute atomic E-state index is 0.0243. The maximum Gasteiger partial charge on any atom is 0.227 e. The second-order valence-corrected chi connectivity index (χ2v) is 8.17. The molecule has 30 heavy (non-hydrogen) atoms. The lowest BCUT2D eigenvalue weighted by atomic mass is 9.96. The van der Waals surface area contributed by atoms with Gasteiger partial charge in [-0.05, 0) is 65.7 Å². The van der Waals surface area contributed by atoms with Crippen LogP contribution in [0.5, 0.6) is 0 Å². The average molecular weight is 423 g/mol. The number of nitrogens with zero attached hydrogens (tertiary/aromatic N) is 6. The number of piperidine rings is 1. The number of benzene rings is 2. The third kappa shape index (κ3) is 3.73. The number of tetrazole rings is 1. The van der Waals surface area contributed by atoms with E-state index >= 15 is 0 Å². The van der Waals surface area contributed by atoms with Gasteiger partial charge in [0.2, 0.25) is 5.91 Å². The molecule has 2 aromatic heterocycles. The van der Waals surface area contributed by atoms with E-state index in [4.69, 9.17) is 0 Å². The van der Waals surface area contributed by atoms with Crippen LogP contribution in [0.4, 0.5) is 15.2 Å². The number of carbonyl (C=O) groups excluding carboxylic acids is 1. The van der Waals surface area contributed by atoms with Gasteiger partial charge in [-0.15, -0.1) is 5.10 Å². The summed E-state index contributed by atoms with van der Waals surface area (Å²) in [6, 6.07) is 12.0. The lowest BCUT2D eigenvalue weighted by molar-refractivity contribution is -0.120. The molecule has 1 amide bonds. The van der Waals surface area contributed by atoms with Crippen molar-refractivity contribution >= 4 is 38.3 Å². The van der Waals surface area contributed by atoms with Crippen molar-refractivity contribution in [3.63, 3.8) is 0 Å². The zero-order chi connectivity index (χ0) is 20.5. The lowest BCUT2D eigenvalue weighted by Gasteiger charge is -2.31. The SMILES string of the molecule is O=C(Nc1ccc(-n2cnnn2)cc1)C1CCN(c2nc3ccc(F)cc3s2)CC1. The largest absolute Gasteiger partial charge is 0.348 e. The summed E-state index contributed by atoms with van der Waals surface area (Å²) in [7, 11) is 0. The molecule has 1 aliphatic heterocycles. The molecule has 1 fully saturated rings. The Morgan fingerprint density at radius 1 is 1.13 bits per heavy atom. The first-order chi connectivity index (χ1) is 14.7. The Morgan fingerprint density at radius 2 is 1.93 bits per heavy atom. The fourth-order valence-corrected chi connectivity index (χ4v) is 4.62. The number of rotatable bonds is 4. The van der Waals surface area contributed by atoms with Crippen LogP contribution in [-0.4, -0.2) is 44.2 Å². The van der Waals surface area contributed by atoms with E-state index in [0.717, 1.165) is 52.7 Å². The third-order valence-corrected chi connectivity index (χ3v) is 6.30. The summed E-state index contributed by atoms with van der Waals surface area (Å²) in [5.74, 6) is -0.275. The van der Waals surface area contributed by atoms with Crippen LogP contribution in [0.1, 0.15) is 12.8 Å². The number of amides is 1. The highest BCUT2D eigenvalue weighted by Crippen LogP contribution is 2.32. The molecule has 0 atom stereocenters. The van der Waals surface area contributed by atoms with Gasteiger partial charge in [-0.3, -0.25) is 4.79 Å². The highest BCUT2D eigenvalue weighted by Gasteiger charge is 2.26. The smallest absolute Gasteiger partial charge is 0.227 e. The van der Waals surface area contributed by atoms with Crippen LogP contribution < -0.4 is 10.2 Å². The maximum absolute atomic E-state index is 13.4. The Kier molecular flexibility index (Phi) is 4.83. The Bertz CT molecular complexity index is 1170. The fraction of sp³-hybridized carbons (Fsp3) is 0.250. The van der Waals surface area contributed by atoms with Crippen molar-refractivity contribution in [3.8, 4) is 5.69 Å². The van der Waals surface area contributed by atoms with Gasteiger partial charge in [0, 0.05) is 24.7 Å². The Labute approximate surface area is 175 Å². The average Bonchev–Trinajstić information content (AvgIpc) is 3.44. The van der Waals surface area contributed by atoms with E-state index in [9.17, 15) is 9.18 Å². The van der Waals surface area contributed by atoms with Crippen LogP contribution in [0.15, 0.2) is 48.8 Å². The van der Waals surface area contributed by atoms with Crippen LogP contribution >= 0.6 is 11.3 Å². The predicted molar refractivity (Wildman–Crippen MR) is 112 cm³/mol. The summed E-state index contributed by atoms with van der Waals surface area (Å²) in [6.07, 6.45) is 3.01. The van der Waals surface area contributed by atoms with Crippen molar-refractivity contribution in [1.82, 2.24) is 25.2 Å². The molecule has 0 unspecified atom stereocenters. The van der Waals surface area contributed by atoms with Crippen molar-refractivity contribution in [2.24, 2.45) is 5.92 Å². The number of aromatic nitrogens is 5. The number of hydrogen-bond donors (Lipinski definition) is 1. The van der Waals surface area contributed by atoms with Crippen molar-refractivity contribution in [1.29, 1.82) is 0 Å². The minimum Gasteiger partial charge on any atom is -0.348 e. The third-order valence-electron chi connectivity index (χ3n) is 5.22. The highest BCUT2D eigenvalue weighted by molar-refractivity contribution is 7.22. The first-order valence-corrected chi connectivity index (χ1v) is 10.4. The minimum atomic E-state index is -0.251. The normalized spacial score (nSPS) is 14.9. The second kappa shape index (κ2) is 7.79. The molecule has 4 aromatic rings. The van der Waals surface area contributed by atoms with Gasteiger partial charge >= 0.3 is 0 Å². The summed E-state index contributed by atoms with van der Waals surface area (Å²) in [4.78, 5) is 19.5. The number of fused-ring (bicyclic) bond motifs is 1. The molecule has 0 saturated carbocycles. The van der Waals surface area contributed by atoms with Crippen LogP contribution in [-0.2, 0) is 4.79 Å². The van der Waals surface area contributed by atoms with Gasteiger partial charge in [0.1, 0.15) is 12.1 Å². The van der Waals surface area contributed by atoms with Gasteiger partial charge in [0.25, 0.3) is 0 Å². The van der Waals surface area contributed by atoms with E-state index in [-0.39, 0.29) is 17.6 Å². The number of halogens is 1. The summed E-state index contributed by atoms with van der Waals surface area (Å²) < 4.78 is 15.8. The zero-order valence-electron chi connectivity index (χ0n) is 15.9. The molecule has 1 aliphatic rings. The topological polar surface area (TPSA) is 88.8 Å². The van der Waals surface area contributed by atoms with Gasteiger partial charge in [-0.1, -0.05) is 11.3 Å². The van der Waals surface area contributed by atoms with Gasteiger partial charge < -0.3 is 10.2 Å². The van der Waals surface area contributed by atoms with E-state index in [0.29, 0.717) is 0 Å². The molecule has 0 bridgehead atoms. The number of hydrogen-bond acceptors (Lipinski definition) is 7. The maximum atomic E-state index is 13.4. The van der Waals surface area contributed by atoms with Crippen molar-refractivity contribution in [2.45, 2.75) is 12.8 Å². The molecular formula is C20H18FN7OS. The highest BCUT2D eigenvalue weighted by atomic mass is 32.1. The predicted octanol–water partition coefficient (Wildman–Crippen LogP) is 3.27. The van der Waals surface area contributed by atoms with Crippen LogP contribution in [0, 0.1) is 11.7 Å². The summed E-state index contributed by atoms with van der Waals surface area (Å²) in [6.45, 7) is 1.50. The van der Waals surface area contributed by atoms with Gasteiger partial charge in [-0.2, -0.15) is 0 Å². The monoisotopic (exact) mass is 423 g/mol. The second-order valence-electron chi connectivity index (χ2n) is 7.16.